The van der Waals surface area contributed by atoms with Crippen LogP contribution in [-0.4, -0.2) is 17.1 Å². The lowest BCUT2D eigenvalue weighted by atomic mass is 10.2. The topological polar surface area (TPSA) is 31.2 Å². The third kappa shape index (κ3) is 3.93. The van der Waals surface area contributed by atoms with Crippen LogP contribution >= 0.6 is 39.1 Å². The van der Waals surface area contributed by atoms with Crippen LogP contribution in [0.2, 0.25) is 10.0 Å². The van der Waals surface area contributed by atoms with Gasteiger partial charge in [0.05, 0.1) is 26.6 Å². The summed E-state index contributed by atoms with van der Waals surface area (Å²) in [6.45, 7) is 2.96. The lowest BCUT2D eigenvalue weighted by Crippen LogP contribution is -2.14. The molecule has 1 aromatic heterocycles. The Morgan fingerprint density at radius 3 is 2.65 bits per heavy atom. The number of aromatic nitrogens is 1. The van der Waals surface area contributed by atoms with Gasteiger partial charge in [-0.15, -0.1) is 0 Å². The second kappa shape index (κ2) is 8.47. The Labute approximate surface area is 171 Å². The highest BCUT2D eigenvalue weighted by molar-refractivity contribution is 9.10. The summed E-state index contributed by atoms with van der Waals surface area (Å²) < 4.78 is 8.16. The van der Waals surface area contributed by atoms with E-state index in [1.54, 1.807) is 6.07 Å². The molecule has 2 aromatic carbocycles. The van der Waals surface area contributed by atoms with Crippen LogP contribution in [0.5, 0.6) is 0 Å². The van der Waals surface area contributed by atoms with Crippen LogP contribution in [0.25, 0.3) is 10.9 Å². The van der Waals surface area contributed by atoms with E-state index in [0.29, 0.717) is 28.9 Å². The van der Waals surface area contributed by atoms with Gasteiger partial charge in [-0.25, -0.2) is 4.79 Å². The van der Waals surface area contributed by atoms with E-state index in [1.165, 1.54) is 0 Å². The Morgan fingerprint density at radius 2 is 1.92 bits per heavy atom. The van der Waals surface area contributed by atoms with Gasteiger partial charge in [-0.2, -0.15) is 0 Å². The van der Waals surface area contributed by atoms with Crippen molar-refractivity contribution < 1.29 is 9.53 Å². The predicted octanol–water partition coefficient (Wildman–Crippen LogP) is 6.72. The van der Waals surface area contributed by atoms with Gasteiger partial charge in [0.15, 0.2) is 0 Å². The van der Waals surface area contributed by atoms with Gasteiger partial charge in [0.2, 0.25) is 0 Å². The number of esters is 1. The van der Waals surface area contributed by atoms with Gasteiger partial charge in [-0.3, -0.25) is 0 Å². The van der Waals surface area contributed by atoms with E-state index >= 15 is 0 Å². The maximum absolute atomic E-state index is 12.7. The summed E-state index contributed by atoms with van der Waals surface area (Å²) in [6.07, 6.45) is 1.82. The lowest BCUT2D eigenvalue weighted by Gasteiger charge is -2.12. The molecule has 0 aliphatic rings. The number of ether oxygens (including phenoxy) is 1. The molecule has 3 rings (SSSR count). The number of nitrogens with zero attached hydrogens (tertiary/aromatic N) is 1. The van der Waals surface area contributed by atoms with E-state index in [-0.39, 0.29) is 5.97 Å². The van der Waals surface area contributed by atoms with Gasteiger partial charge in [-0.1, -0.05) is 60.8 Å². The molecule has 0 aliphatic heterocycles. The summed E-state index contributed by atoms with van der Waals surface area (Å²) in [5.41, 5.74) is 2.41. The van der Waals surface area contributed by atoms with Gasteiger partial charge < -0.3 is 9.30 Å². The van der Waals surface area contributed by atoms with E-state index in [4.69, 9.17) is 27.9 Å². The molecule has 1 heterocycles. The van der Waals surface area contributed by atoms with Crippen LogP contribution in [0.4, 0.5) is 0 Å². The standard InChI is InChI=1S/C20H18BrCl2NO2/c1-2-3-10-26-20(25)19-18(21)14-6-4-5-7-17(14)24(19)12-13-8-9-15(22)16(23)11-13/h4-9,11H,2-3,10,12H2,1H3. The average molecular weight is 455 g/mol. The van der Waals surface area contributed by atoms with Crippen molar-refractivity contribution in [2.75, 3.05) is 6.61 Å². The van der Waals surface area contributed by atoms with Crippen LogP contribution in [0, 0.1) is 0 Å². The van der Waals surface area contributed by atoms with E-state index in [9.17, 15) is 4.79 Å². The van der Waals surface area contributed by atoms with Crippen molar-refractivity contribution in [3.05, 3.63) is 68.2 Å². The van der Waals surface area contributed by atoms with Gasteiger partial charge in [0.25, 0.3) is 0 Å². The monoisotopic (exact) mass is 453 g/mol. The highest BCUT2D eigenvalue weighted by atomic mass is 79.9. The van der Waals surface area contributed by atoms with Crippen LogP contribution in [0.3, 0.4) is 0 Å². The van der Waals surface area contributed by atoms with Crippen LogP contribution in [0.15, 0.2) is 46.9 Å². The molecule has 6 heteroatoms. The molecule has 136 valence electrons. The molecule has 3 aromatic rings. The summed E-state index contributed by atoms with van der Waals surface area (Å²) >= 11 is 15.7. The van der Waals surface area contributed by atoms with Crippen LogP contribution < -0.4 is 0 Å². The zero-order valence-electron chi connectivity index (χ0n) is 14.3. The number of rotatable bonds is 6. The molecule has 3 nitrogen and oxygen atoms in total. The van der Waals surface area contributed by atoms with Crippen LogP contribution in [-0.2, 0) is 11.3 Å². The molecule has 26 heavy (non-hydrogen) atoms. The first-order valence-corrected chi connectivity index (χ1v) is 9.95. The SMILES string of the molecule is CCCCOC(=O)c1c(Br)c2ccccc2n1Cc1ccc(Cl)c(Cl)c1. The Kier molecular flexibility index (Phi) is 6.28. The Bertz CT molecular complexity index is 952. The molecule has 0 atom stereocenters. The summed E-state index contributed by atoms with van der Waals surface area (Å²) in [7, 11) is 0. The Morgan fingerprint density at radius 1 is 1.15 bits per heavy atom. The molecule has 0 saturated carbocycles. The largest absolute Gasteiger partial charge is 0.461 e. The Hall–Kier alpha value is -1.49. The molecule has 0 amide bonds. The van der Waals surface area contributed by atoms with Gasteiger partial charge in [-0.05, 0) is 46.1 Å². The van der Waals surface area contributed by atoms with Crippen LogP contribution in [0.1, 0.15) is 35.8 Å². The van der Waals surface area contributed by atoms with E-state index < -0.39 is 0 Å². The van der Waals surface area contributed by atoms with Crippen molar-refractivity contribution in [2.45, 2.75) is 26.3 Å². The number of carbonyl (C=O) groups is 1. The van der Waals surface area contributed by atoms with Crippen molar-refractivity contribution in [1.82, 2.24) is 4.57 Å². The van der Waals surface area contributed by atoms with Crippen molar-refractivity contribution >= 4 is 56.0 Å². The summed E-state index contributed by atoms with van der Waals surface area (Å²) in [6, 6.07) is 13.4. The first kappa shape index (κ1) is 19.3. The lowest BCUT2D eigenvalue weighted by molar-refractivity contribution is 0.0487. The van der Waals surface area contributed by atoms with Gasteiger partial charge >= 0.3 is 5.97 Å². The molecule has 0 fully saturated rings. The summed E-state index contributed by atoms with van der Waals surface area (Å²) in [4.78, 5) is 12.7. The molecule has 0 N–H and O–H groups in total. The van der Waals surface area contributed by atoms with Gasteiger partial charge in [0.1, 0.15) is 5.69 Å². The number of hydrogen-bond acceptors (Lipinski definition) is 2. The minimum Gasteiger partial charge on any atom is -0.461 e. The first-order chi connectivity index (χ1) is 12.5. The maximum Gasteiger partial charge on any atom is 0.356 e. The number of halogens is 3. The van der Waals surface area contributed by atoms with Crippen molar-refractivity contribution in [1.29, 1.82) is 0 Å². The zero-order valence-corrected chi connectivity index (χ0v) is 17.4. The smallest absolute Gasteiger partial charge is 0.356 e. The quantitative estimate of drug-likeness (QED) is 0.306. The van der Waals surface area contributed by atoms with Crippen molar-refractivity contribution in [3.63, 3.8) is 0 Å². The second-order valence-corrected chi connectivity index (χ2v) is 7.61. The zero-order chi connectivity index (χ0) is 18.7. The van der Waals surface area contributed by atoms with Crippen molar-refractivity contribution in [2.24, 2.45) is 0 Å². The average Bonchev–Trinajstić information content (AvgIpc) is 2.91. The molecular weight excluding hydrogens is 437 g/mol. The highest BCUT2D eigenvalue weighted by Crippen LogP contribution is 2.33. The van der Waals surface area contributed by atoms with E-state index in [1.807, 2.05) is 41.0 Å². The Balaban J connectivity index is 2.05. The molecular formula is C20H18BrCl2NO2. The molecule has 0 saturated heterocycles. The number of carbonyl (C=O) groups excluding carboxylic acids is 1. The molecule has 0 aliphatic carbocycles. The number of unbranched alkanes of at least 4 members (excludes halogenated alkanes) is 1. The van der Waals surface area contributed by atoms with E-state index in [0.717, 1.165) is 33.8 Å². The molecule has 0 radical (unpaired) electrons. The summed E-state index contributed by atoms with van der Waals surface area (Å²) in [5.74, 6) is -0.332. The molecule has 0 unspecified atom stereocenters. The number of hydrogen-bond donors (Lipinski definition) is 0. The fourth-order valence-electron chi connectivity index (χ4n) is 2.82. The molecule has 0 bridgehead atoms. The normalized spacial score (nSPS) is 11.1. The second-order valence-electron chi connectivity index (χ2n) is 6.00. The maximum atomic E-state index is 12.7. The highest BCUT2D eigenvalue weighted by Gasteiger charge is 2.22. The summed E-state index contributed by atoms with van der Waals surface area (Å²) in [5, 5.41) is 1.97. The number of fused-ring (bicyclic) bond motifs is 1. The van der Waals surface area contributed by atoms with Gasteiger partial charge in [0, 0.05) is 11.9 Å². The minimum atomic E-state index is -0.332. The number of para-hydroxylation sites is 1. The van der Waals surface area contributed by atoms with E-state index in [2.05, 4.69) is 22.9 Å². The fraction of sp³-hybridized carbons (Fsp3) is 0.250. The third-order valence-electron chi connectivity index (χ3n) is 4.16. The predicted molar refractivity (Wildman–Crippen MR) is 110 cm³/mol. The van der Waals surface area contributed by atoms with Crippen molar-refractivity contribution in [3.8, 4) is 0 Å². The molecule has 0 spiro atoms. The minimum absolute atomic E-state index is 0.332. The third-order valence-corrected chi connectivity index (χ3v) is 5.70. The first-order valence-electron chi connectivity index (χ1n) is 8.40. The number of benzene rings is 2. The fourth-order valence-corrected chi connectivity index (χ4v) is 3.86.